The smallest absolute Gasteiger partial charge is 0.292 e. The molecule has 0 saturated carbocycles. The van der Waals surface area contributed by atoms with Gasteiger partial charge in [-0.15, -0.1) is 0 Å². The normalized spacial score (nSPS) is 21.4. The fourth-order valence-electron chi connectivity index (χ4n) is 3.87. The van der Waals surface area contributed by atoms with Crippen LogP contribution in [0.15, 0.2) is 47.5 Å². The summed E-state index contributed by atoms with van der Waals surface area (Å²) < 4.78 is 10.9. The lowest BCUT2D eigenvalue weighted by Gasteiger charge is -2.34. The van der Waals surface area contributed by atoms with Gasteiger partial charge >= 0.3 is 0 Å². The molecule has 5 heterocycles. The minimum atomic E-state index is -0.330. The molecule has 0 N–H and O–H groups in total. The molecule has 1 atom stereocenters. The van der Waals surface area contributed by atoms with Gasteiger partial charge in [0, 0.05) is 48.9 Å². The molecule has 3 aromatic rings. The van der Waals surface area contributed by atoms with Gasteiger partial charge < -0.3 is 14.2 Å². The summed E-state index contributed by atoms with van der Waals surface area (Å²) in [5, 5.41) is 3.63. The van der Waals surface area contributed by atoms with Crippen molar-refractivity contribution in [1.82, 2.24) is 25.0 Å². The number of hydrogen-bond acceptors (Lipinski definition) is 7. The second-order valence-corrected chi connectivity index (χ2v) is 6.94. The Kier molecular flexibility index (Phi) is 3.71. The highest BCUT2D eigenvalue weighted by molar-refractivity contribution is 5.91. The molecule has 27 heavy (non-hydrogen) atoms. The Morgan fingerprint density at radius 2 is 2.19 bits per heavy atom. The minimum absolute atomic E-state index is 0.155. The molecular formula is C19H17N5O3. The summed E-state index contributed by atoms with van der Waals surface area (Å²) in [6.07, 6.45) is 7.56. The van der Waals surface area contributed by atoms with Gasteiger partial charge in [0.15, 0.2) is 5.82 Å². The highest BCUT2D eigenvalue weighted by Gasteiger charge is 2.46. The highest BCUT2D eigenvalue weighted by atomic mass is 16.5. The zero-order valence-electron chi connectivity index (χ0n) is 14.5. The van der Waals surface area contributed by atoms with E-state index < -0.39 is 0 Å². The number of pyridine rings is 1. The van der Waals surface area contributed by atoms with E-state index in [0.29, 0.717) is 32.1 Å². The van der Waals surface area contributed by atoms with Gasteiger partial charge in [-0.25, -0.2) is 9.97 Å². The summed E-state index contributed by atoms with van der Waals surface area (Å²) >= 11 is 0. The predicted octanol–water partition coefficient (Wildman–Crippen LogP) is 1.84. The molecule has 2 aliphatic heterocycles. The van der Waals surface area contributed by atoms with Crippen LogP contribution in [0.4, 0.5) is 0 Å². The molecule has 0 radical (unpaired) electrons. The van der Waals surface area contributed by atoms with E-state index in [2.05, 4.69) is 15.1 Å². The van der Waals surface area contributed by atoms with Crippen LogP contribution in [0.2, 0.25) is 0 Å². The van der Waals surface area contributed by atoms with E-state index in [1.165, 1.54) is 6.20 Å². The van der Waals surface area contributed by atoms with Gasteiger partial charge in [-0.1, -0.05) is 5.16 Å². The summed E-state index contributed by atoms with van der Waals surface area (Å²) in [5.41, 5.74) is 2.48. The second-order valence-electron chi connectivity index (χ2n) is 6.94. The maximum absolute atomic E-state index is 12.6. The van der Waals surface area contributed by atoms with Crippen LogP contribution in [0.5, 0.6) is 0 Å². The van der Waals surface area contributed by atoms with E-state index in [0.717, 1.165) is 23.2 Å². The van der Waals surface area contributed by atoms with E-state index in [1.807, 2.05) is 18.3 Å². The van der Waals surface area contributed by atoms with Gasteiger partial charge in [0.1, 0.15) is 0 Å². The van der Waals surface area contributed by atoms with Crippen LogP contribution < -0.4 is 0 Å². The summed E-state index contributed by atoms with van der Waals surface area (Å²) in [4.78, 5) is 27.9. The molecule has 0 aliphatic carbocycles. The van der Waals surface area contributed by atoms with Crippen LogP contribution >= 0.6 is 0 Å². The third kappa shape index (κ3) is 2.69. The fourth-order valence-corrected chi connectivity index (χ4v) is 3.87. The lowest BCUT2D eigenvalue weighted by Crippen LogP contribution is -2.41. The largest absolute Gasteiger partial charge is 0.376 e. The molecule has 0 aromatic carbocycles. The SMILES string of the molecule is O=C(c1ccno1)N1CC[C@]2(COCc3cnc(-c4cccnc4)nc32)C1. The number of ether oxygens (including phenoxy) is 1. The molecule has 1 amide bonds. The average Bonchev–Trinajstić information content (AvgIpc) is 3.39. The van der Waals surface area contributed by atoms with Crippen LogP contribution in [0.25, 0.3) is 11.4 Å². The van der Waals surface area contributed by atoms with Crippen molar-refractivity contribution in [3.05, 3.63) is 60.0 Å². The molecule has 2 aliphatic rings. The molecule has 8 heteroatoms. The molecule has 8 nitrogen and oxygen atoms in total. The van der Waals surface area contributed by atoms with Crippen molar-refractivity contribution in [2.75, 3.05) is 19.7 Å². The summed E-state index contributed by atoms with van der Waals surface area (Å²) in [6.45, 7) is 2.17. The lowest BCUT2D eigenvalue weighted by atomic mass is 9.80. The molecular weight excluding hydrogens is 346 g/mol. The Balaban J connectivity index is 1.50. The van der Waals surface area contributed by atoms with Crippen LogP contribution in [0, 0.1) is 0 Å². The van der Waals surface area contributed by atoms with Gasteiger partial charge in [-0.2, -0.15) is 0 Å². The fraction of sp³-hybridized carbons (Fsp3) is 0.316. The van der Waals surface area contributed by atoms with E-state index >= 15 is 0 Å². The number of carbonyl (C=O) groups is 1. The van der Waals surface area contributed by atoms with Gasteiger partial charge in [-0.3, -0.25) is 9.78 Å². The third-order valence-corrected chi connectivity index (χ3v) is 5.21. The summed E-state index contributed by atoms with van der Waals surface area (Å²) in [5.74, 6) is 0.740. The molecule has 0 bridgehead atoms. The van der Waals surface area contributed by atoms with E-state index in [9.17, 15) is 4.79 Å². The number of nitrogens with zero attached hydrogens (tertiary/aromatic N) is 5. The van der Waals surface area contributed by atoms with Crippen molar-refractivity contribution in [2.45, 2.75) is 18.4 Å². The first kappa shape index (κ1) is 16.1. The third-order valence-electron chi connectivity index (χ3n) is 5.21. The first-order chi connectivity index (χ1) is 13.3. The molecule has 136 valence electrons. The number of carbonyl (C=O) groups excluding carboxylic acids is 1. The van der Waals surface area contributed by atoms with Crippen LogP contribution in [0.3, 0.4) is 0 Å². The summed E-state index contributed by atoms with van der Waals surface area (Å²) in [6, 6.07) is 5.39. The molecule has 0 unspecified atom stereocenters. The maximum atomic E-state index is 12.6. The molecule has 1 fully saturated rings. The first-order valence-electron chi connectivity index (χ1n) is 8.80. The monoisotopic (exact) mass is 363 g/mol. The van der Waals surface area contributed by atoms with Crippen LogP contribution in [-0.4, -0.2) is 50.6 Å². The zero-order valence-corrected chi connectivity index (χ0v) is 14.5. The number of fused-ring (bicyclic) bond motifs is 2. The average molecular weight is 363 g/mol. The van der Waals surface area contributed by atoms with Crippen molar-refractivity contribution >= 4 is 5.91 Å². The van der Waals surface area contributed by atoms with Crippen LogP contribution in [0.1, 0.15) is 28.2 Å². The Morgan fingerprint density at radius 3 is 3.00 bits per heavy atom. The van der Waals surface area contributed by atoms with Gasteiger partial charge in [0.05, 0.1) is 30.5 Å². The first-order valence-corrected chi connectivity index (χ1v) is 8.80. The van der Waals surface area contributed by atoms with E-state index in [1.54, 1.807) is 23.4 Å². The Hall–Kier alpha value is -3.13. The number of rotatable bonds is 2. The maximum Gasteiger partial charge on any atom is 0.292 e. The van der Waals surface area contributed by atoms with Crippen molar-refractivity contribution in [3.63, 3.8) is 0 Å². The number of hydrogen-bond donors (Lipinski definition) is 0. The standard InChI is InChI=1S/C19H17N5O3/c25-18(15-3-6-22-27-15)24-7-4-19(11-24)12-26-10-14-9-21-17(23-16(14)19)13-2-1-5-20-8-13/h1-3,5-6,8-9H,4,7,10-12H2/t19-/m1/s1. The second kappa shape index (κ2) is 6.24. The topological polar surface area (TPSA) is 94.2 Å². The van der Waals surface area contributed by atoms with Crippen molar-refractivity contribution in [1.29, 1.82) is 0 Å². The van der Waals surface area contributed by atoms with Gasteiger partial charge in [0.25, 0.3) is 5.91 Å². The van der Waals surface area contributed by atoms with E-state index in [-0.39, 0.29) is 17.1 Å². The van der Waals surface area contributed by atoms with E-state index in [4.69, 9.17) is 14.2 Å². The van der Waals surface area contributed by atoms with Crippen molar-refractivity contribution in [3.8, 4) is 11.4 Å². The highest BCUT2D eigenvalue weighted by Crippen LogP contribution is 2.39. The van der Waals surface area contributed by atoms with Crippen LogP contribution in [-0.2, 0) is 16.8 Å². The van der Waals surface area contributed by atoms with Crippen molar-refractivity contribution < 1.29 is 14.1 Å². The number of aromatic nitrogens is 4. The van der Waals surface area contributed by atoms with Gasteiger partial charge in [0.2, 0.25) is 5.76 Å². The Labute approximate surface area is 155 Å². The number of likely N-dealkylation sites (tertiary alicyclic amines) is 1. The quantitative estimate of drug-likeness (QED) is 0.686. The molecule has 1 saturated heterocycles. The predicted molar refractivity (Wildman–Crippen MR) is 93.6 cm³/mol. The van der Waals surface area contributed by atoms with Crippen molar-refractivity contribution in [2.24, 2.45) is 0 Å². The lowest BCUT2D eigenvalue weighted by molar-refractivity contribution is 0.0477. The van der Waals surface area contributed by atoms with Gasteiger partial charge in [-0.05, 0) is 18.6 Å². The molecule has 1 spiro atoms. The number of amides is 1. The Bertz CT molecular complexity index is 976. The summed E-state index contributed by atoms with van der Waals surface area (Å²) in [7, 11) is 0. The zero-order chi connectivity index (χ0) is 18.3. The Morgan fingerprint density at radius 1 is 1.22 bits per heavy atom. The molecule has 3 aromatic heterocycles. The molecule has 5 rings (SSSR count). The minimum Gasteiger partial charge on any atom is -0.376 e.